The van der Waals surface area contributed by atoms with Crippen LogP contribution in [0.1, 0.15) is 20.8 Å². The van der Waals surface area contributed by atoms with Gasteiger partial charge in [-0.25, -0.2) is 5.84 Å². The van der Waals surface area contributed by atoms with Crippen LogP contribution in [-0.2, 0) is 0 Å². The summed E-state index contributed by atoms with van der Waals surface area (Å²) in [7, 11) is 0. The maximum atomic E-state index is 5.97. The zero-order valence-electron chi connectivity index (χ0n) is 9.42. The second-order valence-electron chi connectivity index (χ2n) is 3.82. The highest BCUT2D eigenvalue weighted by Gasteiger charge is 2.14. The van der Waals surface area contributed by atoms with E-state index in [2.05, 4.69) is 24.3 Å². The van der Waals surface area contributed by atoms with Crippen LogP contribution in [0.15, 0.2) is 6.07 Å². The summed E-state index contributed by atoms with van der Waals surface area (Å²) in [5.74, 6) is 6.31. The number of nitrogens with two attached hydrogens (primary N) is 1. The van der Waals surface area contributed by atoms with Crippen molar-refractivity contribution in [3.8, 4) is 5.88 Å². The molecule has 1 heterocycles. The van der Waals surface area contributed by atoms with Crippen LogP contribution in [0, 0.1) is 5.92 Å². The van der Waals surface area contributed by atoms with Crippen LogP contribution in [0.4, 0.5) is 5.82 Å². The van der Waals surface area contributed by atoms with E-state index < -0.39 is 0 Å². The van der Waals surface area contributed by atoms with Crippen LogP contribution < -0.4 is 16.0 Å². The Morgan fingerprint density at radius 1 is 1.31 bits per heavy atom. The van der Waals surface area contributed by atoms with Gasteiger partial charge in [0.15, 0.2) is 5.82 Å². The first-order valence-corrected chi connectivity index (χ1v) is 5.70. The van der Waals surface area contributed by atoms with Crippen LogP contribution in [0.5, 0.6) is 5.88 Å². The van der Waals surface area contributed by atoms with Gasteiger partial charge in [-0.1, -0.05) is 37.0 Å². The Morgan fingerprint density at radius 2 is 1.94 bits per heavy atom. The second-order valence-corrected chi connectivity index (χ2v) is 4.63. The molecular formula is C10H15Cl2N3O. The second kappa shape index (κ2) is 5.57. The minimum absolute atomic E-state index is 0.0109. The first-order chi connectivity index (χ1) is 7.45. The molecule has 0 aliphatic rings. The predicted octanol–water partition coefficient (Wildman–Crippen LogP) is 3.10. The molecule has 0 fully saturated rings. The Bertz CT molecular complexity index is 371. The Labute approximate surface area is 105 Å². The van der Waals surface area contributed by atoms with Crippen molar-refractivity contribution in [3.05, 3.63) is 16.1 Å². The third-order valence-electron chi connectivity index (χ3n) is 2.27. The van der Waals surface area contributed by atoms with E-state index in [1.54, 1.807) is 6.07 Å². The summed E-state index contributed by atoms with van der Waals surface area (Å²) in [6.07, 6.45) is 0.0109. The standard InChI is InChI=1S/C10H15Cl2N3O/c1-5(2)6(3)16-10-8(12)4-7(11)9(14-10)15-13/h4-6H,13H2,1-3H3,(H,14,15). The van der Waals surface area contributed by atoms with Crippen molar-refractivity contribution in [1.29, 1.82) is 0 Å². The van der Waals surface area contributed by atoms with E-state index in [-0.39, 0.29) is 6.10 Å². The maximum Gasteiger partial charge on any atom is 0.234 e. The Kier molecular flexibility index (Phi) is 4.65. The number of aromatic nitrogens is 1. The van der Waals surface area contributed by atoms with Crippen LogP contribution >= 0.6 is 23.2 Å². The number of hydrogen-bond acceptors (Lipinski definition) is 4. The van der Waals surface area contributed by atoms with E-state index >= 15 is 0 Å². The molecule has 6 heteroatoms. The summed E-state index contributed by atoms with van der Waals surface area (Å²) in [5.41, 5.74) is 2.38. The lowest BCUT2D eigenvalue weighted by Crippen LogP contribution is -2.20. The smallest absolute Gasteiger partial charge is 0.234 e. The molecule has 90 valence electrons. The van der Waals surface area contributed by atoms with Crippen LogP contribution in [0.25, 0.3) is 0 Å². The van der Waals surface area contributed by atoms with Crippen molar-refractivity contribution in [2.45, 2.75) is 26.9 Å². The third-order valence-corrected chi connectivity index (χ3v) is 2.83. The molecule has 1 atom stereocenters. The first kappa shape index (κ1) is 13.4. The van der Waals surface area contributed by atoms with Crippen molar-refractivity contribution < 1.29 is 4.74 Å². The van der Waals surface area contributed by atoms with Crippen molar-refractivity contribution in [1.82, 2.24) is 4.98 Å². The molecular weight excluding hydrogens is 249 g/mol. The van der Waals surface area contributed by atoms with Crippen LogP contribution in [-0.4, -0.2) is 11.1 Å². The molecule has 0 saturated carbocycles. The SMILES string of the molecule is CC(C)C(C)Oc1nc(NN)c(Cl)cc1Cl. The van der Waals surface area contributed by atoms with E-state index in [0.717, 1.165) is 0 Å². The third kappa shape index (κ3) is 3.14. The van der Waals surface area contributed by atoms with Crippen molar-refractivity contribution in [3.63, 3.8) is 0 Å². The molecule has 16 heavy (non-hydrogen) atoms. The molecule has 1 aromatic rings. The van der Waals surface area contributed by atoms with Crippen LogP contribution in [0.3, 0.4) is 0 Å². The van der Waals surface area contributed by atoms with E-state index in [4.69, 9.17) is 33.8 Å². The summed E-state index contributed by atoms with van der Waals surface area (Å²) in [6, 6.07) is 1.55. The topological polar surface area (TPSA) is 60.2 Å². The van der Waals surface area contributed by atoms with Crippen LogP contribution in [0.2, 0.25) is 10.0 Å². The number of hydrazine groups is 1. The number of halogens is 2. The maximum absolute atomic E-state index is 5.97. The van der Waals surface area contributed by atoms with Gasteiger partial charge in [-0.15, -0.1) is 0 Å². The van der Waals surface area contributed by atoms with Gasteiger partial charge in [0.25, 0.3) is 0 Å². The molecule has 0 aromatic carbocycles. The van der Waals surface area contributed by atoms with E-state index in [1.165, 1.54) is 0 Å². The minimum atomic E-state index is 0.0109. The van der Waals surface area contributed by atoms with Crippen molar-refractivity contribution in [2.75, 3.05) is 5.43 Å². The lowest BCUT2D eigenvalue weighted by atomic mass is 10.1. The Hall–Kier alpha value is -0.710. The average molecular weight is 264 g/mol. The van der Waals surface area contributed by atoms with Gasteiger partial charge in [0, 0.05) is 0 Å². The summed E-state index contributed by atoms with van der Waals surface area (Å²) >= 11 is 11.8. The monoisotopic (exact) mass is 263 g/mol. The molecule has 1 aromatic heterocycles. The Balaban J connectivity index is 2.96. The average Bonchev–Trinajstić information content (AvgIpc) is 2.21. The van der Waals surface area contributed by atoms with E-state index in [1.807, 2.05) is 6.92 Å². The summed E-state index contributed by atoms with van der Waals surface area (Å²) in [4.78, 5) is 4.09. The number of ether oxygens (including phenoxy) is 1. The van der Waals surface area contributed by atoms with Gasteiger partial charge in [0.05, 0.1) is 11.1 Å². The zero-order chi connectivity index (χ0) is 12.3. The fraction of sp³-hybridized carbons (Fsp3) is 0.500. The predicted molar refractivity (Wildman–Crippen MR) is 67.0 cm³/mol. The molecule has 0 aliphatic heterocycles. The van der Waals surface area contributed by atoms with Gasteiger partial charge in [0.2, 0.25) is 5.88 Å². The first-order valence-electron chi connectivity index (χ1n) is 4.95. The lowest BCUT2D eigenvalue weighted by molar-refractivity contribution is 0.164. The number of rotatable bonds is 4. The number of pyridine rings is 1. The molecule has 0 amide bonds. The highest BCUT2D eigenvalue weighted by Crippen LogP contribution is 2.31. The summed E-state index contributed by atoms with van der Waals surface area (Å²) < 4.78 is 5.61. The zero-order valence-corrected chi connectivity index (χ0v) is 10.9. The van der Waals surface area contributed by atoms with Gasteiger partial charge in [-0.2, -0.15) is 4.98 Å². The molecule has 3 N–H and O–H groups in total. The van der Waals surface area contributed by atoms with Gasteiger partial charge < -0.3 is 10.2 Å². The van der Waals surface area contributed by atoms with E-state index in [9.17, 15) is 0 Å². The van der Waals surface area contributed by atoms with Gasteiger partial charge >= 0.3 is 0 Å². The van der Waals surface area contributed by atoms with Gasteiger partial charge in [-0.3, -0.25) is 0 Å². The summed E-state index contributed by atoms with van der Waals surface area (Å²) in [6.45, 7) is 6.06. The number of nitrogens with one attached hydrogen (secondary N) is 1. The minimum Gasteiger partial charge on any atom is -0.473 e. The van der Waals surface area contributed by atoms with Gasteiger partial charge in [0.1, 0.15) is 5.02 Å². The number of hydrogen-bond donors (Lipinski definition) is 2. The molecule has 1 rings (SSSR count). The Morgan fingerprint density at radius 3 is 2.44 bits per heavy atom. The molecule has 0 saturated heterocycles. The number of nitrogens with zero attached hydrogens (tertiary/aromatic N) is 1. The summed E-state index contributed by atoms with van der Waals surface area (Å²) in [5, 5.41) is 0.730. The molecule has 0 bridgehead atoms. The number of anilines is 1. The molecule has 1 unspecified atom stereocenters. The quantitative estimate of drug-likeness (QED) is 0.648. The van der Waals surface area contributed by atoms with E-state index in [0.29, 0.717) is 27.7 Å². The highest BCUT2D eigenvalue weighted by atomic mass is 35.5. The van der Waals surface area contributed by atoms with Crippen molar-refractivity contribution in [2.24, 2.45) is 11.8 Å². The fourth-order valence-corrected chi connectivity index (χ4v) is 1.40. The molecule has 0 spiro atoms. The normalized spacial score (nSPS) is 12.7. The highest BCUT2D eigenvalue weighted by molar-refractivity contribution is 6.36. The fourth-order valence-electron chi connectivity index (χ4n) is 0.946. The molecule has 0 aliphatic carbocycles. The molecule has 0 radical (unpaired) electrons. The van der Waals surface area contributed by atoms with Crippen molar-refractivity contribution >= 4 is 29.0 Å². The largest absolute Gasteiger partial charge is 0.473 e. The van der Waals surface area contributed by atoms with Gasteiger partial charge in [-0.05, 0) is 18.9 Å². The number of nitrogen functional groups attached to an aromatic ring is 1. The lowest BCUT2D eigenvalue weighted by Gasteiger charge is -2.18. The molecule has 4 nitrogen and oxygen atoms in total.